The van der Waals surface area contributed by atoms with Gasteiger partial charge in [0, 0.05) is 32.5 Å². The Morgan fingerprint density at radius 2 is 2.00 bits per heavy atom. The van der Waals surface area contributed by atoms with Gasteiger partial charge in [0.15, 0.2) is 10.9 Å². The molecule has 0 aliphatic carbocycles. The quantitative estimate of drug-likeness (QED) is 0.620. The lowest BCUT2D eigenvalue weighted by atomic mass is 10.1. The maximum atomic E-state index is 12.7. The van der Waals surface area contributed by atoms with Gasteiger partial charge in [-0.3, -0.25) is 4.79 Å². The van der Waals surface area contributed by atoms with E-state index in [0.717, 1.165) is 35.4 Å². The Morgan fingerprint density at radius 1 is 1.18 bits per heavy atom. The van der Waals surface area contributed by atoms with Gasteiger partial charge in [0.2, 0.25) is 0 Å². The van der Waals surface area contributed by atoms with Gasteiger partial charge in [-0.15, -0.1) is 0 Å². The van der Waals surface area contributed by atoms with Gasteiger partial charge in [0.25, 0.3) is 5.91 Å². The van der Waals surface area contributed by atoms with E-state index in [1.54, 1.807) is 24.0 Å². The van der Waals surface area contributed by atoms with Gasteiger partial charge >= 0.3 is 0 Å². The van der Waals surface area contributed by atoms with Crippen LogP contribution in [0.1, 0.15) is 35.6 Å². The average molecular weight is 397 g/mol. The van der Waals surface area contributed by atoms with E-state index in [2.05, 4.69) is 21.3 Å². The van der Waals surface area contributed by atoms with E-state index in [1.807, 2.05) is 42.1 Å². The minimum absolute atomic E-state index is 0.224. The zero-order valence-corrected chi connectivity index (χ0v) is 16.7. The summed E-state index contributed by atoms with van der Waals surface area (Å²) in [4.78, 5) is 19.3. The monoisotopic (exact) mass is 396 g/mol. The van der Waals surface area contributed by atoms with Crippen LogP contribution < -0.4 is 10.2 Å². The summed E-state index contributed by atoms with van der Waals surface area (Å²) in [7, 11) is 1.95. The molecule has 1 aromatic carbocycles. The molecule has 4 rings (SSSR count). The molecule has 1 saturated heterocycles. The van der Waals surface area contributed by atoms with Crippen LogP contribution in [0.15, 0.2) is 58.4 Å². The molecule has 0 radical (unpaired) electrons. The second-order valence-corrected chi connectivity index (χ2v) is 7.84. The minimum Gasteiger partial charge on any atom is -0.455 e. The third-order valence-corrected chi connectivity index (χ3v) is 5.94. The van der Waals surface area contributed by atoms with Crippen LogP contribution in [0.5, 0.6) is 0 Å². The average Bonchev–Trinajstić information content (AvgIpc) is 3.36. The Morgan fingerprint density at radius 3 is 2.79 bits per heavy atom. The van der Waals surface area contributed by atoms with E-state index in [4.69, 9.17) is 4.42 Å². The van der Waals surface area contributed by atoms with Crippen molar-refractivity contribution in [3.63, 3.8) is 0 Å². The Bertz CT molecular complexity index is 943. The van der Waals surface area contributed by atoms with Crippen LogP contribution in [-0.4, -0.2) is 28.5 Å². The predicted molar refractivity (Wildman–Crippen MR) is 112 cm³/mol. The summed E-state index contributed by atoms with van der Waals surface area (Å²) in [5.74, 6) is 1.48. The van der Waals surface area contributed by atoms with Crippen LogP contribution in [0.4, 0.5) is 11.4 Å². The van der Waals surface area contributed by atoms with Gasteiger partial charge in [0.05, 0.1) is 17.1 Å². The van der Waals surface area contributed by atoms with Gasteiger partial charge in [-0.2, -0.15) is 0 Å². The highest BCUT2D eigenvalue weighted by atomic mass is 32.2. The third-order valence-electron chi connectivity index (χ3n) is 4.85. The number of amides is 1. The number of rotatable bonds is 6. The second kappa shape index (κ2) is 8.56. The number of thioether (sulfide) groups is 1. The molecule has 1 fully saturated rings. The fourth-order valence-electron chi connectivity index (χ4n) is 3.38. The molecular weight excluding hydrogens is 372 g/mol. The van der Waals surface area contributed by atoms with Crippen LogP contribution in [0, 0.1) is 0 Å². The van der Waals surface area contributed by atoms with Crippen molar-refractivity contribution in [1.82, 2.24) is 9.55 Å². The minimum atomic E-state index is -0.224. The summed E-state index contributed by atoms with van der Waals surface area (Å²) >= 11 is 1.58. The highest BCUT2D eigenvalue weighted by Crippen LogP contribution is 2.29. The number of nitrogens with one attached hydrogen (secondary N) is 1. The van der Waals surface area contributed by atoms with Crippen LogP contribution in [0.25, 0.3) is 0 Å². The molecule has 7 heteroatoms. The van der Waals surface area contributed by atoms with Gasteiger partial charge in [-0.25, -0.2) is 4.98 Å². The van der Waals surface area contributed by atoms with Crippen molar-refractivity contribution in [2.75, 3.05) is 23.3 Å². The molecule has 0 bridgehead atoms. The van der Waals surface area contributed by atoms with Crippen molar-refractivity contribution < 1.29 is 9.21 Å². The largest absolute Gasteiger partial charge is 0.455 e. The molecule has 1 N–H and O–H groups in total. The highest BCUT2D eigenvalue weighted by molar-refractivity contribution is 7.98. The Labute approximate surface area is 168 Å². The molecule has 0 spiro atoms. The van der Waals surface area contributed by atoms with E-state index in [9.17, 15) is 4.79 Å². The fraction of sp³-hybridized carbons (Fsp3) is 0.333. The summed E-state index contributed by atoms with van der Waals surface area (Å²) in [6.45, 7) is 2.06. The number of aryl methyl sites for hydroxylation is 1. The molecule has 1 amide bonds. The molecule has 146 valence electrons. The maximum Gasteiger partial charge on any atom is 0.291 e. The first-order valence-electron chi connectivity index (χ1n) is 9.55. The first kappa shape index (κ1) is 18.7. The smallest absolute Gasteiger partial charge is 0.291 e. The van der Waals surface area contributed by atoms with Crippen LogP contribution in [0.2, 0.25) is 0 Å². The van der Waals surface area contributed by atoms with Crippen molar-refractivity contribution in [3.05, 3.63) is 60.3 Å². The molecular formula is C21H24N4O2S. The first-order valence-corrected chi connectivity index (χ1v) is 10.5. The number of para-hydroxylation sites is 2. The molecule has 0 atom stereocenters. The highest BCUT2D eigenvalue weighted by Gasteiger charge is 2.18. The van der Waals surface area contributed by atoms with Gasteiger partial charge in [-0.05, 0) is 43.5 Å². The summed E-state index contributed by atoms with van der Waals surface area (Å²) in [5.41, 5.74) is 1.91. The molecule has 2 aromatic heterocycles. The van der Waals surface area contributed by atoms with E-state index >= 15 is 0 Å². The lowest BCUT2D eigenvalue weighted by Gasteiger charge is -2.30. The lowest BCUT2D eigenvalue weighted by molar-refractivity contribution is 0.0995. The molecule has 1 aliphatic rings. The van der Waals surface area contributed by atoms with Gasteiger partial charge < -0.3 is 19.2 Å². The number of aromatic nitrogens is 2. The van der Waals surface area contributed by atoms with Crippen molar-refractivity contribution in [2.45, 2.75) is 30.2 Å². The SMILES string of the molecule is Cn1ccnc1SCc1ccc(C(=O)Nc2ccccc2N2CCCCC2)o1. The maximum absolute atomic E-state index is 12.7. The molecule has 1 aliphatic heterocycles. The Hall–Kier alpha value is -2.67. The fourth-order valence-corrected chi connectivity index (χ4v) is 4.20. The molecule has 0 saturated carbocycles. The van der Waals surface area contributed by atoms with Gasteiger partial charge in [-0.1, -0.05) is 23.9 Å². The number of piperidine rings is 1. The van der Waals surface area contributed by atoms with Crippen molar-refractivity contribution in [3.8, 4) is 0 Å². The zero-order chi connectivity index (χ0) is 19.3. The normalized spacial score (nSPS) is 14.2. The number of furan rings is 1. The number of imidazole rings is 1. The molecule has 6 nitrogen and oxygen atoms in total. The van der Waals surface area contributed by atoms with Crippen molar-refractivity contribution >= 4 is 29.0 Å². The van der Waals surface area contributed by atoms with Crippen LogP contribution in [-0.2, 0) is 12.8 Å². The third kappa shape index (κ3) is 4.25. The number of hydrogen-bond acceptors (Lipinski definition) is 5. The van der Waals surface area contributed by atoms with Gasteiger partial charge in [0.1, 0.15) is 5.76 Å². The summed E-state index contributed by atoms with van der Waals surface area (Å²) in [5, 5.41) is 3.93. The number of anilines is 2. The predicted octanol–water partition coefficient (Wildman–Crippen LogP) is 4.55. The molecule has 3 aromatic rings. The van der Waals surface area contributed by atoms with E-state index in [1.165, 1.54) is 19.3 Å². The summed E-state index contributed by atoms with van der Waals surface area (Å²) in [6.07, 6.45) is 7.33. The summed E-state index contributed by atoms with van der Waals surface area (Å²) < 4.78 is 7.71. The lowest BCUT2D eigenvalue weighted by Crippen LogP contribution is -2.30. The van der Waals surface area contributed by atoms with Crippen molar-refractivity contribution in [1.29, 1.82) is 0 Å². The van der Waals surface area contributed by atoms with Crippen molar-refractivity contribution in [2.24, 2.45) is 7.05 Å². The number of hydrogen-bond donors (Lipinski definition) is 1. The van der Waals surface area contributed by atoms with E-state index < -0.39 is 0 Å². The zero-order valence-electron chi connectivity index (χ0n) is 15.9. The molecule has 28 heavy (non-hydrogen) atoms. The van der Waals surface area contributed by atoms with Crippen LogP contribution in [0.3, 0.4) is 0 Å². The summed E-state index contributed by atoms with van der Waals surface area (Å²) in [6, 6.07) is 11.6. The van der Waals surface area contributed by atoms with E-state index in [-0.39, 0.29) is 5.91 Å². The number of carbonyl (C=O) groups excluding carboxylic acids is 1. The first-order chi connectivity index (χ1) is 13.7. The molecule has 0 unspecified atom stereocenters. The topological polar surface area (TPSA) is 63.3 Å². The molecule has 3 heterocycles. The number of nitrogens with zero attached hydrogens (tertiary/aromatic N) is 3. The van der Waals surface area contributed by atoms with Crippen LogP contribution >= 0.6 is 11.8 Å². The second-order valence-electron chi connectivity index (χ2n) is 6.89. The number of benzene rings is 1. The standard InChI is InChI=1S/C21H24N4O2S/c1-24-14-11-22-21(24)28-15-16-9-10-19(27-16)20(26)23-17-7-3-4-8-18(17)25-12-5-2-6-13-25/h3-4,7-11,14H,2,5-6,12-13,15H2,1H3,(H,23,26). The van der Waals surface area contributed by atoms with E-state index in [0.29, 0.717) is 11.5 Å². The Balaban J connectivity index is 1.42. The number of carbonyl (C=O) groups is 1. The Kier molecular flexibility index (Phi) is 5.71.